The molecule has 0 bridgehead atoms. The molecule has 0 radical (unpaired) electrons. The Bertz CT molecular complexity index is 689. The van der Waals surface area contributed by atoms with Crippen molar-refractivity contribution in [2.45, 2.75) is 19.9 Å². The van der Waals surface area contributed by atoms with E-state index in [0.29, 0.717) is 12.2 Å². The fourth-order valence-electron chi connectivity index (χ4n) is 2.10. The zero-order valence-corrected chi connectivity index (χ0v) is 11.2. The molecule has 0 unspecified atom stereocenters. The number of benzene rings is 1. The smallest absolute Gasteiger partial charge is 0.262 e. The minimum Gasteiger partial charge on any atom is -0.384 e. The number of aromatic nitrogens is 1. The Balaban J connectivity index is 2.64. The first-order chi connectivity index (χ1) is 9.54. The first-order valence-corrected chi connectivity index (χ1v) is 6.38. The number of hydrogen-bond acceptors (Lipinski definition) is 2. The molecule has 2 rings (SSSR count). The third-order valence-electron chi connectivity index (χ3n) is 3.05. The summed E-state index contributed by atoms with van der Waals surface area (Å²) < 4.78 is 14.6. The van der Waals surface area contributed by atoms with Gasteiger partial charge < -0.3 is 10.3 Å². The second-order valence-electron chi connectivity index (χ2n) is 4.51. The van der Waals surface area contributed by atoms with Crippen molar-refractivity contribution >= 4 is 5.84 Å². The molecule has 0 spiro atoms. The van der Waals surface area contributed by atoms with Crippen LogP contribution in [0.15, 0.2) is 41.2 Å². The molecule has 3 N–H and O–H groups in total. The molecule has 5 heteroatoms. The van der Waals surface area contributed by atoms with Crippen LogP contribution in [0.1, 0.15) is 18.9 Å². The number of amidine groups is 1. The number of halogens is 1. The monoisotopic (exact) mass is 273 g/mol. The highest BCUT2D eigenvalue weighted by Crippen LogP contribution is 2.19. The number of hydrogen-bond donors (Lipinski definition) is 2. The summed E-state index contributed by atoms with van der Waals surface area (Å²) in [5.74, 6) is -0.566. The summed E-state index contributed by atoms with van der Waals surface area (Å²) in [6, 6.07) is 9.24. The number of nitrogens with one attached hydrogen (secondary N) is 1. The lowest BCUT2D eigenvalue weighted by Crippen LogP contribution is -2.30. The number of nitrogen functional groups attached to an aromatic ring is 1. The van der Waals surface area contributed by atoms with Crippen molar-refractivity contribution in [1.82, 2.24) is 4.57 Å². The minimum absolute atomic E-state index is 0.185. The van der Waals surface area contributed by atoms with Crippen LogP contribution in [-0.2, 0) is 6.54 Å². The molecule has 2 aromatic rings. The molecule has 4 nitrogen and oxygen atoms in total. The Kier molecular flexibility index (Phi) is 3.98. The van der Waals surface area contributed by atoms with Gasteiger partial charge in [0.1, 0.15) is 11.7 Å². The fourth-order valence-corrected chi connectivity index (χ4v) is 2.10. The van der Waals surface area contributed by atoms with Gasteiger partial charge in [-0.2, -0.15) is 0 Å². The third-order valence-corrected chi connectivity index (χ3v) is 3.05. The molecule has 0 amide bonds. The van der Waals surface area contributed by atoms with E-state index in [0.717, 1.165) is 12.0 Å². The van der Waals surface area contributed by atoms with Crippen LogP contribution in [0.25, 0.3) is 11.3 Å². The van der Waals surface area contributed by atoms with Crippen LogP contribution in [-0.4, -0.2) is 10.4 Å². The van der Waals surface area contributed by atoms with Gasteiger partial charge >= 0.3 is 0 Å². The molecule has 0 aliphatic carbocycles. The maximum absolute atomic E-state index is 13.0. The average Bonchev–Trinajstić information content (AvgIpc) is 2.42. The van der Waals surface area contributed by atoms with Crippen molar-refractivity contribution < 1.29 is 4.39 Å². The van der Waals surface area contributed by atoms with E-state index in [4.69, 9.17) is 11.1 Å². The van der Waals surface area contributed by atoms with Crippen molar-refractivity contribution in [2.75, 3.05) is 0 Å². The van der Waals surface area contributed by atoms with Gasteiger partial charge in [0, 0.05) is 6.54 Å². The topological polar surface area (TPSA) is 71.9 Å². The van der Waals surface area contributed by atoms with E-state index in [-0.39, 0.29) is 22.8 Å². The molecule has 0 aliphatic heterocycles. The van der Waals surface area contributed by atoms with Gasteiger partial charge in [-0.15, -0.1) is 0 Å². The van der Waals surface area contributed by atoms with Crippen LogP contribution < -0.4 is 11.3 Å². The molecule has 0 saturated carbocycles. The van der Waals surface area contributed by atoms with E-state index in [9.17, 15) is 9.18 Å². The highest BCUT2D eigenvalue weighted by molar-refractivity contribution is 5.94. The zero-order valence-electron chi connectivity index (χ0n) is 11.2. The molecule has 1 aromatic heterocycles. The number of rotatable bonds is 4. The van der Waals surface area contributed by atoms with Crippen LogP contribution in [0.2, 0.25) is 0 Å². The second kappa shape index (κ2) is 5.69. The van der Waals surface area contributed by atoms with E-state index < -0.39 is 0 Å². The molecule has 0 fully saturated rings. The van der Waals surface area contributed by atoms with Crippen molar-refractivity contribution in [3.05, 3.63) is 58.1 Å². The normalized spacial score (nSPS) is 10.5. The zero-order chi connectivity index (χ0) is 14.7. The van der Waals surface area contributed by atoms with Gasteiger partial charge in [-0.05, 0) is 48.4 Å². The lowest BCUT2D eigenvalue weighted by molar-refractivity contribution is 0.627. The van der Waals surface area contributed by atoms with Crippen LogP contribution in [0.5, 0.6) is 0 Å². The molecule has 0 aliphatic rings. The molecule has 0 atom stereocenters. The number of nitrogens with two attached hydrogens (primary N) is 1. The first kappa shape index (κ1) is 14.0. The highest BCUT2D eigenvalue weighted by Gasteiger charge is 2.11. The Labute approximate surface area is 116 Å². The largest absolute Gasteiger partial charge is 0.384 e. The maximum atomic E-state index is 13.0. The SMILES string of the molecule is CCCn1c(-c2ccc(F)cc2)ccc(C(=N)N)c1=O. The summed E-state index contributed by atoms with van der Waals surface area (Å²) in [6.07, 6.45) is 0.773. The Hall–Kier alpha value is -2.43. The van der Waals surface area contributed by atoms with Gasteiger partial charge in [-0.25, -0.2) is 4.39 Å². The van der Waals surface area contributed by atoms with E-state index in [1.54, 1.807) is 22.8 Å². The van der Waals surface area contributed by atoms with Gasteiger partial charge in [-0.1, -0.05) is 6.92 Å². The minimum atomic E-state index is -0.321. The summed E-state index contributed by atoms with van der Waals surface area (Å²) >= 11 is 0. The summed E-state index contributed by atoms with van der Waals surface area (Å²) in [6.45, 7) is 2.48. The van der Waals surface area contributed by atoms with Crippen LogP contribution >= 0.6 is 0 Å². The van der Waals surface area contributed by atoms with Gasteiger partial charge in [-0.3, -0.25) is 10.2 Å². The van der Waals surface area contributed by atoms with Gasteiger partial charge in [0.05, 0.1) is 11.3 Å². The second-order valence-corrected chi connectivity index (χ2v) is 4.51. The predicted molar refractivity (Wildman–Crippen MR) is 77.4 cm³/mol. The van der Waals surface area contributed by atoms with E-state index >= 15 is 0 Å². The molecule has 104 valence electrons. The summed E-state index contributed by atoms with van der Waals surface area (Å²) in [4.78, 5) is 12.3. The molecule has 1 aromatic carbocycles. The predicted octanol–water partition coefficient (Wildman–Crippen LogP) is 2.35. The van der Waals surface area contributed by atoms with Crippen LogP contribution in [0.4, 0.5) is 4.39 Å². The molecule has 20 heavy (non-hydrogen) atoms. The van der Waals surface area contributed by atoms with E-state index in [1.807, 2.05) is 6.92 Å². The Morgan fingerprint density at radius 1 is 1.25 bits per heavy atom. The van der Waals surface area contributed by atoms with Crippen molar-refractivity contribution in [1.29, 1.82) is 5.41 Å². The molecular weight excluding hydrogens is 257 g/mol. The van der Waals surface area contributed by atoms with Crippen molar-refractivity contribution in [3.63, 3.8) is 0 Å². The molecule has 0 saturated heterocycles. The first-order valence-electron chi connectivity index (χ1n) is 6.38. The van der Waals surface area contributed by atoms with Crippen LogP contribution in [0, 0.1) is 11.2 Å². The number of pyridine rings is 1. The average molecular weight is 273 g/mol. The van der Waals surface area contributed by atoms with Crippen LogP contribution in [0.3, 0.4) is 0 Å². The number of nitrogens with zero attached hydrogens (tertiary/aromatic N) is 1. The lowest BCUT2D eigenvalue weighted by atomic mass is 10.1. The van der Waals surface area contributed by atoms with Gasteiger partial charge in [0.2, 0.25) is 0 Å². The molecular formula is C15H16FN3O. The molecule has 1 heterocycles. The lowest BCUT2D eigenvalue weighted by Gasteiger charge is -2.13. The van der Waals surface area contributed by atoms with Gasteiger partial charge in [0.25, 0.3) is 5.56 Å². The highest BCUT2D eigenvalue weighted by atomic mass is 19.1. The summed E-state index contributed by atoms with van der Waals surface area (Å²) in [5.41, 5.74) is 6.76. The third kappa shape index (κ3) is 2.61. The van der Waals surface area contributed by atoms with E-state index in [2.05, 4.69) is 0 Å². The Morgan fingerprint density at radius 3 is 2.45 bits per heavy atom. The Morgan fingerprint density at radius 2 is 1.90 bits per heavy atom. The summed E-state index contributed by atoms with van der Waals surface area (Å²) in [7, 11) is 0. The van der Waals surface area contributed by atoms with Crippen molar-refractivity contribution in [2.24, 2.45) is 5.73 Å². The summed E-state index contributed by atoms with van der Waals surface area (Å²) in [5, 5.41) is 7.42. The van der Waals surface area contributed by atoms with E-state index in [1.165, 1.54) is 18.2 Å². The maximum Gasteiger partial charge on any atom is 0.262 e. The standard InChI is InChI=1S/C15H16FN3O/c1-2-9-19-13(10-3-5-11(16)6-4-10)8-7-12(14(17)18)15(19)20/h3-8H,2,9H2,1H3,(H3,17,18). The van der Waals surface area contributed by atoms with Gasteiger partial charge in [0.15, 0.2) is 0 Å². The van der Waals surface area contributed by atoms with Crippen molar-refractivity contribution in [3.8, 4) is 11.3 Å². The quantitative estimate of drug-likeness (QED) is 0.663. The fraction of sp³-hybridized carbons (Fsp3) is 0.200.